The van der Waals surface area contributed by atoms with E-state index >= 15 is 0 Å². The van der Waals surface area contributed by atoms with Crippen LogP contribution >= 0.6 is 0 Å². The van der Waals surface area contributed by atoms with Crippen LogP contribution in [0.15, 0.2) is 48.8 Å². The summed E-state index contributed by atoms with van der Waals surface area (Å²) in [5, 5.41) is 12.2. The minimum Gasteiger partial charge on any atom is -0.394 e. The Bertz CT molecular complexity index is 727. The van der Waals surface area contributed by atoms with Crippen LogP contribution in [0.25, 0.3) is 11.1 Å². The molecule has 2 heterocycles. The van der Waals surface area contributed by atoms with Gasteiger partial charge in [-0.05, 0) is 48.9 Å². The SMILES string of the molecule is C[C@H](CO)NC(=O)C1(Cc2cccc(-c3cccnc3)c2)CCOCC1. The number of ether oxygens (including phenoxy) is 1. The van der Waals surface area contributed by atoms with E-state index in [0.717, 1.165) is 16.7 Å². The average Bonchev–Trinajstić information content (AvgIpc) is 2.69. The molecule has 1 aliphatic rings. The lowest BCUT2D eigenvalue weighted by molar-refractivity contribution is -0.137. The Morgan fingerprint density at radius 2 is 2.04 bits per heavy atom. The van der Waals surface area contributed by atoms with E-state index in [1.807, 2.05) is 31.3 Å². The maximum absolute atomic E-state index is 13.0. The van der Waals surface area contributed by atoms with Crippen LogP contribution in [0.1, 0.15) is 25.3 Å². The van der Waals surface area contributed by atoms with Crippen molar-refractivity contribution in [2.45, 2.75) is 32.2 Å². The number of hydrogen-bond acceptors (Lipinski definition) is 4. The van der Waals surface area contributed by atoms with Gasteiger partial charge in [0.2, 0.25) is 5.91 Å². The van der Waals surface area contributed by atoms with Gasteiger partial charge < -0.3 is 15.2 Å². The molecule has 26 heavy (non-hydrogen) atoms. The molecule has 138 valence electrons. The highest BCUT2D eigenvalue weighted by molar-refractivity contribution is 5.83. The summed E-state index contributed by atoms with van der Waals surface area (Å²) in [5.74, 6) is 0.00845. The molecule has 5 nitrogen and oxygen atoms in total. The molecular formula is C21H26N2O3. The van der Waals surface area contributed by atoms with Crippen LogP contribution in [0.3, 0.4) is 0 Å². The van der Waals surface area contributed by atoms with Crippen LogP contribution in [0.4, 0.5) is 0 Å². The lowest BCUT2D eigenvalue weighted by Gasteiger charge is -2.36. The molecule has 0 bridgehead atoms. The number of carbonyl (C=O) groups excluding carboxylic acids is 1. The highest BCUT2D eigenvalue weighted by Gasteiger charge is 2.40. The van der Waals surface area contributed by atoms with Gasteiger partial charge >= 0.3 is 0 Å². The molecule has 1 aromatic heterocycles. The molecule has 0 radical (unpaired) electrons. The molecule has 0 spiro atoms. The average molecular weight is 354 g/mol. The zero-order valence-corrected chi connectivity index (χ0v) is 15.1. The first-order valence-corrected chi connectivity index (χ1v) is 9.12. The van der Waals surface area contributed by atoms with Crippen molar-refractivity contribution in [3.8, 4) is 11.1 Å². The zero-order valence-electron chi connectivity index (χ0n) is 15.1. The van der Waals surface area contributed by atoms with Crippen molar-refractivity contribution < 1.29 is 14.6 Å². The number of aromatic nitrogens is 1. The number of aliphatic hydroxyl groups excluding tert-OH is 1. The van der Waals surface area contributed by atoms with E-state index in [0.29, 0.717) is 32.5 Å². The van der Waals surface area contributed by atoms with Gasteiger partial charge in [0.15, 0.2) is 0 Å². The molecule has 1 aromatic carbocycles. The minimum absolute atomic E-state index is 0.00845. The third-order valence-electron chi connectivity index (χ3n) is 5.05. The first-order chi connectivity index (χ1) is 12.6. The summed E-state index contributed by atoms with van der Waals surface area (Å²) in [5.41, 5.74) is 2.80. The third-order valence-corrected chi connectivity index (χ3v) is 5.05. The van der Waals surface area contributed by atoms with E-state index in [1.165, 1.54) is 0 Å². The maximum atomic E-state index is 13.0. The lowest BCUT2D eigenvalue weighted by Crippen LogP contribution is -2.49. The topological polar surface area (TPSA) is 71.5 Å². The molecule has 0 aliphatic carbocycles. The summed E-state index contributed by atoms with van der Waals surface area (Å²) < 4.78 is 5.50. The number of benzene rings is 1. The maximum Gasteiger partial charge on any atom is 0.227 e. The number of hydrogen-bond donors (Lipinski definition) is 2. The monoisotopic (exact) mass is 354 g/mol. The molecule has 1 aliphatic heterocycles. The quantitative estimate of drug-likeness (QED) is 0.836. The van der Waals surface area contributed by atoms with E-state index in [1.54, 1.807) is 6.20 Å². The molecule has 3 rings (SSSR count). The number of pyridine rings is 1. The smallest absolute Gasteiger partial charge is 0.227 e. The molecule has 2 N–H and O–H groups in total. The molecule has 0 unspecified atom stereocenters. The summed E-state index contributed by atoms with van der Waals surface area (Å²) in [6, 6.07) is 12.0. The molecule has 1 fully saturated rings. The molecule has 2 aromatic rings. The van der Waals surface area contributed by atoms with Gasteiger partial charge in [-0.15, -0.1) is 0 Å². The van der Waals surface area contributed by atoms with Gasteiger partial charge in [0, 0.05) is 31.6 Å². The molecule has 1 atom stereocenters. The fourth-order valence-electron chi connectivity index (χ4n) is 3.45. The van der Waals surface area contributed by atoms with E-state index in [4.69, 9.17) is 4.74 Å². The number of nitrogens with zero attached hydrogens (tertiary/aromatic N) is 1. The van der Waals surface area contributed by atoms with Gasteiger partial charge in [0.25, 0.3) is 0 Å². The van der Waals surface area contributed by atoms with Gasteiger partial charge in [-0.2, -0.15) is 0 Å². The van der Waals surface area contributed by atoms with Crippen molar-refractivity contribution in [2.75, 3.05) is 19.8 Å². The first-order valence-electron chi connectivity index (χ1n) is 9.12. The number of carbonyl (C=O) groups is 1. The van der Waals surface area contributed by atoms with E-state index in [2.05, 4.69) is 28.5 Å². The van der Waals surface area contributed by atoms with Crippen molar-refractivity contribution in [2.24, 2.45) is 5.41 Å². The second kappa shape index (κ2) is 8.43. The van der Waals surface area contributed by atoms with Crippen LogP contribution in [-0.4, -0.2) is 41.9 Å². The number of rotatable bonds is 6. The standard InChI is InChI=1S/C21H26N2O3/c1-16(15-24)23-20(25)21(7-10-26-11-8-21)13-17-4-2-5-18(12-17)19-6-3-9-22-14-19/h2-6,9,12,14,16,24H,7-8,10-11,13,15H2,1H3,(H,23,25)/t16-/m1/s1. The predicted molar refractivity (Wildman–Crippen MR) is 101 cm³/mol. The Balaban J connectivity index is 1.84. The van der Waals surface area contributed by atoms with Crippen LogP contribution in [0.5, 0.6) is 0 Å². The Kier molecular flexibility index (Phi) is 6.01. The van der Waals surface area contributed by atoms with Crippen LogP contribution < -0.4 is 5.32 Å². The van der Waals surface area contributed by atoms with Gasteiger partial charge in [-0.1, -0.05) is 30.3 Å². The Morgan fingerprint density at radius 3 is 2.73 bits per heavy atom. The van der Waals surface area contributed by atoms with Crippen molar-refractivity contribution in [1.82, 2.24) is 10.3 Å². The van der Waals surface area contributed by atoms with Crippen LogP contribution in [-0.2, 0) is 16.0 Å². The van der Waals surface area contributed by atoms with E-state index in [-0.39, 0.29) is 18.6 Å². The second-order valence-electron chi connectivity index (χ2n) is 7.07. The van der Waals surface area contributed by atoms with Crippen molar-refractivity contribution in [3.63, 3.8) is 0 Å². The first kappa shape index (κ1) is 18.5. The summed E-state index contributed by atoms with van der Waals surface area (Å²) in [7, 11) is 0. The number of amides is 1. The summed E-state index contributed by atoms with van der Waals surface area (Å²) in [6.07, 6.45) is 5.65. The highest BCUT2D eigenvalue weighted by atomic mass is 16.5. The fraction of sp³-hybridized carbons (Fsp3) is 0.429. The van der Waals surface area contributed by atoms with Crippen molar-refractivity contribution >= 4 is 5.91 Å². The van der Waals surface area contributed by atoms with Gasteiger partial charge in [0.1, 0.15) is 0 Å². The molecular weight excluding hydrogens is 328 g/mol. The van der Waals surface area contributed by atoms with Gasteiger partial charge in [0.05, 0.1) is 12.0 Å². The second-order valence-corrected chi connectivity index (χ2v) is 7.07. The summed E-state index contributed by atoms with van der Waals surface area (Å²) in [4.78, 5) is 17.1. The summed E-state index contributed by atoms with van der Waals surface area (Å²) >= 11 is 0. The normalized spacial score (nSPS) is 17.5. The van der Waals surface area contributed by atoms with Crippen molar-refractivity contribution in [1.29, 1.82) is 0 Å². The molecule has 1 amide bonds. The largest absolute Gasteiger partial charge is 0.394 e. The Hall–Kier alpha value is -2.24. The fourth-order valence-corrected chi connectivity index (χ4v) is 3.45. The Morgan fingerprint density at radius 1 is 1.27 bits per heavy atom. The van der Waals surface area contributed by atoms with Gasteiger partial charge in [-0.25, -0.2) is 0 Å². The zero-order chi connectivity index (χ0) is 18.4. The lowest BCUT2D eigenvalue weighted by atomic mass is 9.74. The number of aliphatic hydroxyl groups is 1. The van der Waals surface area contributed by atoms with E-state index < -0.39 is 5.41 Å². The highest BCUT2D eigenvalue weighted by Crippen LogP contribution is 2.35. The number of nitrogens with one attached hydrogen (secondary N) is 1. The van der Waals surface area contributed by atoms with Crippen LogP contribution in [0.2, 0.25) is 0 Å². The summed E-state index contributed by atoms with van der Waals surface area (Å²) in [6.45, 7) is 2.93. The van der Waals surface area contributed by atoms with E-state index in [9.17, 15) is 9.90 Å². The molecule has 0 saturated carbocycles. The van der Waals surface area contributed by atoms with Crippen LogP contribution in [0, 0.1) is 5.41 Å². The predicted octanol–water partition coefficient (Wildman–Crippen LogP) is 2.58. The van der Waals surface area contributed by atoms with Crippen molar-refractivity contribution in [3.05, 3.63) is 54.4 Å². The van der Waals surface area contributed by atoms with Gasteiger partial charge in [-0.3, -0.25) is 9.78 Å². The third kappa shape index (κ3) is 4.29. The Labute approximate surface area is 154 Å². The minimum atomic E-state index is -0.491. The molecule has 5 heteroatoms. The molecule has 1 saturated heterocycles.